The first-order valence-electron chi connectivity index (χ1n) is 11.8. The standard InChI is InChI=1S/C26H25F2N5O4S2/c1-3-33(20-7-5-4-6-8-20)39(36,37)31-26(35)30-23(13-17-11-18(27)14-19(28)12-17)25(34)32(2)21-9-10-24-22(15-21)29-16-38-24/h4-12,14-16,23H,3,13H2,1-2H3,(H2,30,31,35)/t23-/m0/s1. The van der Waals surface area contributed by atoms with Crippen LogP contribution in [0, 0.1) is 11.6 Å². The van der Waals surface area contributed by atoms with Gasteiger partial charge in [0.1, 0.15) is 17.7 Å². The highest BCUT2D eigenvalue weighted by molar-refractivity contribution is 7.91. The van der Waals surface area contributed by atoms with Gasteiger partial charge in [-0.3, -0.25) is 9.10 Å². The highest BCUT2D eigenvalue weighted by atomic mass is 32.2. The van der Waals surface area contributed by atoms with Crippen LogP contribution < -0.4 is 19.2 Å². The molecule has 0 saturated carbocycles. The third kappa shape index (κ3) is 6.67. The quantitative estimate of drug-likeness (QED) is 0.312. The number of hydrogen-bond acceptors (Lipinski definition) is 6. The molecule has 3 aromatic carbocycles. The number of amides is 3. The van der Waals surface area contributed by atoms with E-state index >= 15 is 0 Å². The Balaban J connectivity index is 1.58. The van der Waals surface area contributed by atoms with Crippen molar-refractivity contribution in [2.45, 2.75) is 19.4 Å². The van der Waals surface area contributed by atoms with Crippen molar-refractivity contribution in [3.8, 4) is 0 Å². The van der Waals surface area contributed by atoms with Crippen LogP contribution in [0.1, 0.15) is 12.5 Å². The summed E-state index contributed by atoms with van der Waals surface area (Å²) >= 11 is 1.43. The van der Waals surface area contributed by atoms with E-state index in [1.165, 1.54) is 23.3 Å². The average molecular weight is 574 g/mol. The molecule has 0 radical (unpaired) electrons. The van der Waals surface area contributed by atoms with Crippen molar-refractivity contribution in [3.05, 3.63) is 89.4 Å². The Kier molecular flexibility index (Phi) is 8.41. The number of urea groups is 1. The zero-order valence-corrected chi connectivity index (χ0v) is 22.6. The van der Waals surface area contributed by atoms with Gasteiger partial charge in [-0.05, 0) is 55.0 Å². The van der Waals surface area contributed by atoms with Crippen molar-refractivity contribution in [2.24, 2.45) is 0 Å². The van der Waals surface area contributed by atoms with Gasteiger partial charge in [0.25, 0.3) is 0 Å². The molecular weight excluding hydrogens is 548 g/mol. The second-order valence-corrected chi connectivity index (χ2v) is 11.0. The largest absolute Gasteiger partial charge is 0.330 e. The number of carbonyl (C=O) groups is 2. The fourth-order valence-corrected chi connectivity index (χ4v) is 5.83. The maximum absolute atomic E-state index is 13.9. The van der Waals surface area contributed by atoms with E-state index in [2.05, 4.69) is 10.3 Å². The molecule has 0 fully saturated rings. The number of anilines is 2. The third-order valence-electron chi connectivity index (χ3n) is 5.84. The van der Waals surface area contributed by atoms with Crippen molar-refractivity contribution >= 4 is 55.1 Å². The fourth-order valence-electron chi connectivity index (χ4n) is 4.03. The van der Waals surface area contributed by atoms with E-state index < -0.39 is 39.8 Å². The van der Waals surface area contributed by atoms with Crippen LogP contribution in [-0.4, -0.2) is 45.0 Å². The Morgan fingerprint density at radius 2 is 1.69 bits per heavy atom. The van der Waals surface area contributed by atoms with Crippen LogP contribution >= 0.6 is 11.3 Å². The Hall–Kier alpha value is -4.10. The maximum Gasteiger partial charge on any atom is 0.330 e. The van der Waals surface area contributed by atoms with Crippen LogP contribution in [0.3, 0.4) is 0 Å². The van der Waals surface area contributed by atoms with Gasteiger partial charge in [0.15, 0.2) is 0 Å². The molecule has 0 bridgehead atoms. The summed E-state index contributed by atoms with van der Waals surface area (Å²) in [5, 5.41) is 2.37. The van der Waals surface area contributed by atoms with Gasteiger partial charge >= 0.3 is 16.2 Å². The number of nitrogens with one attached hydrogen (secondary N) is 2. The van der Waals surface area contributed by atoms with E-state index in [9.17, 15) is 26.8 Å². The molecule has 4 rings (SSSR count). The molecule has 9 nitrogen and oxygen atoms in total. The van der Waals surface area contributed by atoms with Gasteiger partial charge in [-0.1, -0.05) is 18.2 Å². The molecule has 4 aromatic rings. The lowest BCUT2D eigenvalue weighted by molar-refractivity contribution is -0.120. The molecule has 0 aliphatic carbocycles. The van der Waals surface area contributed by atoms with Gasteiger partial charge in [0, 0.05) is 31.8 Å². The van der Waals surface area contributed by atoms with Crippen LogP contribution in [0.4, 0.5) is 25.0 Å². The van der Waals surface area contributed by atoms with Crippen LogP contribution in [-0.2, 0) is 21.4 Å². The van der Waals surface area contributed by atoms with Gasteiger partial charge in [-0.15, -0.1) is 11.3 Å². The molecule has 39 heavy (non-hydrogen) atoms. The second kappa shape index (κ2) is 11.7. The molecule has 1 heterocycles. The first kappa shape index (κ1) is 27.9. The van der Waals surface area contributed by atoms with Gasteiger partial charge in [-0.25, -0.2) is 23.3 Å². The summed E-state index contributed by atoms with van der Waals surface area (Å²) in [7, 11) is -2.88. The summed E-state index contributed by atoms with van der Waals surface area (Å²) < 4.78 is 57.5. The summed E-state index contributed by atoms with van der Waals surface area (Å²) in [6, 6.07) is 13.5. The summed E-state index contributed by atoms with van der Waals surface area (Å²) in [6.45, 7) is 1.63. The number of halogens is 2. The van der Waals surface area contributed by atoms with Crippen LogP contribution in [0.2, 0.25) is 0 Å². The first-order valence-corrected chi connectivity index (χ1v) is 14.1. The lowest BCUT2D eigenvalue weighted by atomic mass is 10.0. The number of carbonyl (C=O) groups excluding carboxylic acids is 2. The Morgan fingerprint density at radius 1 is 1.00 bits per heavy atom. The van der Waals surface area contributed by atoms with Gasteiger partial charge in [0.2, 0.25) is 5.91 Å². The van der Waals surface area contributed by atoms with Crippen LogP contribution in [0.5, 0.6) is 0 Å². The van der Waals surface area contributed by atoms with Crippen LogP contribution in [0.15, 0.2) is 72.2 Å². The van der Waals surface area contributed by atoms with E-state index in [1.54, 1.807) is 61.0 Å². The van der Waals surface area contributed by atoms with Crippen molar-refractivity contribution in [3.63, 3.8) is 0 Å². The minimum atomic E-state index is -4.35. The fraction of sp³-hybridized carbons (Fsp3) is 0.192. The van der Waals surface area contributed by atoms with Crippen LogP contribution in [0.25, 0.3) is 10.2 Å². The van der Waals surface area contributed by atoms with E-state index in [4.69, 9.17) is 0 Å². The molecule has 204 valence electrons. The van der Waals surface area contributed by atoms with E-state index in [1.807, 2.05) is 4.72 Å². The van der Waals surface area contributed by atoms with Crippen molar-refractivity contribution < 1.29 is 26.8 Å². The Bertz CT molecular complexity index is 1580. The minimum Gasteiger partial charge on any atom is -0.325 e. The third-order valence-corrected chi connectivity index (χ3v) is 8.14. The number of thiazole rings is 1. The number of fused-ring (bicyclic) bond motifs is 1. The molecule has 0 unspecified atom stereocenters. The van der Waals surface area contributed by atoms with Gasteiger partial charge < -0.3 is 10.2 Å². The number of likely N-dealkylation sites (N-methyl/N-ethyl adjacent to an activating group) is 1. The Morgan fingerprint density at radius 3 is 2.36 bits per heavy atom. The highest BCUT2D eigenvalue weighted by Gasteiger charge is 2.29. The van der Waals surface area contributed by atoms with Crippen molar-refractivity contribution in [2.75, 3.05) is 22.8 Å². The number of rotatable bonds is 9. The minimum absolute atomic E-state index is 0.0272. The number of nitrogens with zero attached hydrogens (tertiary/aromatic N) is 3. The SMILES string of the molecule is CCN(c1ccccc1)S(=O)(=O)NC(=O)N[C@@H](Cc1cc(F)cc(F)c1)C(=O)N(C)c1ccc2scnc2c1. The second-order valence-electron chi connectivity index (χ2n) is 8.52. The van der Waals surface area contributed by atoms with Gasteiger partial charge in [0.05, 0.1) is 21.4 Å². The summed E-state index contributed by atoms with van der Waals surface area (Å²) in [5.74, 6) is -2.35. The molecule has 0 aliphatic rings. The normalized spacial score (nSPS) is 12.1. The number of hydrogen-bond donors (Lipinski definition) is 2. The molecule has 13 heteroatoms. The number of benzene rings is 3. The monoisotopic (exact) mass is 573 g/mol. The summed E-state index contributed by atoms with van der Waals surface area (Å²) in [4.78, 5) is 31.9. The topological polar surface area (TPSA) is 112 Å². The molecule has 2 N–H and O–H groups in total. The van der Waals surface area contributed by atoms with E-state index in [0.29, 0.717) is 23.0 Å². The number of aromatic nitrogens is 1. The molecule has 0 saturated heterocycles. The zero-order chi connectivity index (χ0) is 28.2. The van der Waals surface area contributed by atoms with Crippen molar-refractivity contribution in [1.29, 1.82) is 0 Å². The molecule has 0 spiro atoms. The Labute approximate surface area is 228 Å². The summed E-state index contributed by atoms with van der Waals surface area (Å²) in [6.07, 6.45) is -0.305. The molecule has 1 aromatic heterocycles. The number of para-hydroxylation sites is 1. The maximum atomic E-state index is 13.9. The zero-order valence-electron chi connectivity index (χ0n) is 21.0. The molecule has 0 aliphatic heterocycles. The predicted molar refractivity (Wildman–Crippen MR) is 147 cm³/mol. The molecular formula is C26H25F2N5O4S2. The smallest absolute Gasteiger partial charge is 0.325 e. The molecule has 1 atom stereocenters. The van der Waals surface area contributed by atoms with Gasteiger partial charge in [-0.2, -0.15) is 8.42 Å². The summed E-state index contributed by atoms with van der Waals surface area (Å²) in [5.41, 5.74) is 3.22. The molecule has 3 amide bonds. The highest BCUT2D eigenvalue weighted by Crippen LogP contribution is 2.24. The average Bonchev–Trinajstić information content (AvgIpc) is 3.35. The lowest BCUT2D eigenvalue weighted by Crippen LogP contribution is -2.54. The van der Waals surface area contributed by atoms with E-state index in [-0.39, 0.29) is 18.5 Å². The van der Waals surface area contributed by atoms with Crippen molar-refractivity contribution in [1.82, 2.24) is 15.0 Å². The lowest BCUT2D eigenvalue weighted by Gasteiger charge is -2.26. The van der Waals surface area contributed by atoms with E-state index in [0.717, 1.165) is 21.1 Å². The predicted octanol–water partition coefficient (Wildman–Crippen LogP) is 4.22. The first-order chi connectivity index (χ1) is 18.6.